The van der Waals surface area contributed by atoms with Crippen LogP contribution in [0.1, 0.15) is 30.4 Å². The molecule has 0 bridgehead atoms. The number of anilines is 1. The van der Waals surface area contributed by atoms with Gasteiger partial charge >= 0.3 is 0 Å². The summed E-state index contributed by atoms with van der Waals surface area (Å²) in [6.07, 6.45) is 0.256. The molecule has 0 atom stereocenters. The number of thiazole rings is 1. The van der Waals surface area contributed by atoms with Crippen molar-refractivity contribution in [2.45, 2.75) is 26.9 Å². The molecule has 0 radical (unpaired) electrons. The minimum atomic E-state index is 0.107. The van der Waals surface area contributed by atoms with Crippen molar-refractivity contribution < 1.29 is 9.53 Å². The van der Waals surface area contributed by atoms with Gasteiger partial charge in [0.05, 0.1) is 22.3 Å². The van der Waals surface area contributed by atoms with E-state index in [0.717, 1.165) is 26.1 Å². The van der Waals surface area contributed by atoms with Crippen molar-refractivity contribution in [2.75, 3.05) is 25.1 Å². The monoisotopic (exact) mass is 298 g/mol. The molecule has 6 heteroatoms. The Morgan fingerprint density at radius 1 is 1.47 bits per heavy atom. The Hall–Kier alpha value is -0.980. The van der Waals surface area contributed by atoms with Gasteiger partial charge in [-0.05, 0) is 26.8 Å². The lowest BCUT2D eigenvalue weighted by molar-refractivity contribution is 0.0846. The summed E-state index contributed by atoms with van der Waals surface area (Å²) in [6.45, 7) is 7.16. The molecular formula is C13H18N2O2S2. The van der Waals surface area contributed by atoms with Crippen molar-refractivity contribution in [3.8, 4) is 0 Å². The van der Waals surface area contributed by atoms with Crippen LogP contribution in [0.2, 0.25) is 0 Å². The molecule has 0 aromatic carbocycles. The summed E-state index contributed by atoms with van der Waals surface area (Å²) < 4.78 is 6.62. The van der Waals surface area contributed by atoms with E-state index in [1.165, 1.54) is 11.3 Å². The molecule has 0 aliphatic heterocycles. The van der Waals surface area contributed by atoms with E-state index in [9.17, 15) is 4.79 Å². The van der Waals surface area contributed by atoms with E-state index < -0.39 is 0 Å². The first-order valence-electron chi connectivity index (χ1n) is 6.21. The van der Waals surface area contributed by atoms with Gasteiger partial charge in [0, 0.05) is 13.6 Å². The highest BCUT2D eigenvalue weighted by molar-refractivity contribution is 7.29. The maximum Gasteiger partial charge on any atom is 0.187 e. The number of aromatic nitrogens is 1. The van der Waals surface area contributed by atoms with Crippen LogP contribution in [-0.4, -0.2) is 37.1 Å². The molecule has 0 saturated heterocycles. The summed E-state index contributed by atoms with van der Waals surface area (Å²) in [5.74, 6) is 0.107. The van der Waals surface area contributed by atoms with E-state index in [1.807, 2.05) is 27.0 Å². The number of hydrogen-bond acceptors (Lipinski definition) is 6. The number of carbonyl (C=O) groups excluding carboxylic acids is 1. The number of likely N-dealkylation sites (N-methyl/N-ethyl adjacent to an activating group) is 1. The summed E-state index contributed by atoms with van der Waals surface area (Å²) in [5, 5.41) is 0.976. The molecule has 2 rings (SSSR count). The van der Waals surface area contributed by atoms with E-state index in [-0.39, 0.29) is 11.9 Å². The zero-order valence-electron chi connectivity index (χ0n) is 11.6. The molecule has 0 aliphatic rings. The maximum absolute atomic E-state index is 11.3. The van der Waals surface area contributed by atoms with Gasteiger partial charge in [-0.3, -0.25) is 4.79 Å². The van der Waals surface area contributed by atoms with Crippen LogP contribution in [0.3, 0.4) is 0 Å². The number of rotatable bonds is 6. The van der Waals surface area contributed by atoms with E-state index >= 15 is 0 Å². The van der Waals surface area contributed by atoms with E-state index in [2.05, 4.69) is 9.88 Å². The summed E-state index contributed by atoms with van der Waals surface area (Å²) >= 11 is 3.08. The van der Waals surface area contributed by atoms with Gasteiger partial charge in [-0.15, -0.1) is 11.3 Å². The molecule has 104 valence electrons. The fourth-order valence-electron chi connectivity index (χ4n) is 1.58. The molecule has 0 unspecified atom stereocenters. The Morgan fingerprint density at radius 2 is 2.21 bits per heavy atom. The smallest absolute Gasteiger partial charge is 0.187 e. The predicted octanol–water partition coefficient (Wildman–Crippen LogP) is 3.42. The average Bonchev–Trinajstić information content (AvgIpc) is 2.85. The number of ether oxygens (including phenoxy) is 1. The summed E-state index contributed by atoms with van der Waals surface area (Å²) in [7, 11) is 2.01. The lowest BCUT2D eigenvalue weighted by atomic mass is 10.4. The van der Waals surface area contributed by atoms with Crippen LogP contribution in [0.5, 0.6) is 0 Å². The Kier molecular flexibility index (Phi) is 4.54. The Bertz CT molecular complexity index is 543. The number of hydrogen-bond donors (Lipinski definition) is 0. The fraction of sp³-hybridized carbons (Fsp3) is 0.538. The SMILES string of the molecule is CC(=O)c1cc2sc(N(C)CCOC(C)C)nc2s1. The van der Waals surface area contributed by atoms with Crippen molar-refractivity contribution in [3.63, 3.8) is 0 Å². The summed E-state index contributed by atoms with van der Waals surface area (Å²) in [5.41, 5.74) is 0. The van der Waals surface area contributed by atoms with Gasteiger partial charge in [0.15, 0.2) is 10.9 Å². The lowest BCUT2D eigenvalue weighted by Gasteiger charge is -2.16. The Morgan fingerprint density at radius 3 is 2.79 bits per heavy atom. The minimum absolute atomic E-state index is 0.107. The zero-order chi connectivity index (χ0) is 14.0. The number of fused-ring (bicyclic) bond motifs is 1. The van der Waals surface area contributed by atoms with Crippen LogP contribution < -0.4 is 4.90 Å². The van der Waals surface area contributed by atoms with Gasteiger partial charge in [-0.25, -0.2) is 4.98 Å². The van der Waals surface area contributed by atoms with Gasteiger partial charge in [0.2, 0.25) is 0 Å². The molecule has 0 aliphatic carbocycles. The quantitative estimate of drug-likeness (QED) is 0.766. The molecule has 0 amide bonds. The molecular weight excluding hydrogens is 280 g/mol. The van der Waals surface area contributed by atoms with E-state index in [1.54, 1.807) is 18.3 Å². The van der Waals surface area contributed by atoms with Crippen molar-refractivity contribution >= 4 is 43.1 Å². The lowest BCUT2D eigenvalue weighted by Crippen LogP contribution is -2.23. The molecule has 0 fully saturated rings. The van der Waals surface area contributed by atoms with Gasteiger partial charge in [0.25, 0.3) is 0 Å². The van der Waals surface area contributed by atoms with Crippen LogP contribution in [0.15, 0.2) is 6.07 Å². The largest absolute Gasteiger partial charge is 0.377 e. The van der Waals surface area contributed by atoms with Gasteiger partial charge in [0.1, 0.15) is 4.83 Å². The first kappa shape index (κ1) is 14.4. The molecule has 2 aromatic heterocycles. The van der Waals surface area contributed by atoms with Crippen molar-refractivity contribution in [2.24, 2.45) is 0 Å². The van der Waals surface area contributed by atoms with Crippen molar-refractivity contribution in [3.05, 3.63) is 10.9 Å². The highest BCUT2D eigenvalue weighted by Gasteiger charge is 2.13. The highest BCUT2D eigenvalue weighted by atomic mass is 32.1. The van der Waals surface area contributed by atoms with Gasteiger partial charge in [-0.2, -0.15) is 0 Å². The second-order valence-corrected chi connectivity index (χ2v) is 6.71. The third-order valence-corrected chi connectivity index (χ3v) is 5.01. The van der Waals surface area contributed by atoms with Crippen LogP contribution >= 0.6 is 22.7 Å². The molecule has 0 saturated carbocycles. The van der Waals surface area contributed by atoms with Crippen LogP contribution in [-0.2, 0) is 4.74 Å². The standard InChI is InChI=1S/C13H18N2O2S2/c1-8(2)17-6-5-15(4)13-14-12-11(19-13)7-10(18-12)9(3)16/h7-8H,5-6H2,1-4H3. The first-order chi connectivity index (χ1) is 8.97. The molecule has 0 spiro atoms. The highest BCUT2D eigenvalue weighted by Crippen LogP contribution is 2.34. The number of ketones is 1. The predicted molar refractivity (Wildman–Crippen MR) is 81.9 cm³/mol. The number of thiophene rings is 1. The number of carbonyl (C=O) groups is 1. The zero-order valence-corrected chi connectivity index (χ0v) is 13.2. The number of Topliss-reactive ketones (excluding diaryl/α,β-unsaturated/α-hetero) is 1. The molecule has 0 N–H and O–H groups in total. The van der Waals surface area contributed by atoms with Crippen molar-refractivity contribution in [1.29, 1.82) is 0 Å². The van der Waals surface area contributed by atoms with Crippen LogP contribution in [0.4, 0.5) is 5.13 Å². The normalized spacial score (nSPS) is 11.4. The van der Waals surface area contributed by atoms with Crippen molar-refractivity contribution in [1.82, 2.24) is 4.98 Å². The van der Waals surface area contributed by atoms with Crippen LogP contribution in [0, 0.1) is 0 Å². The van der Waals surface area contributed by atoms with E-state index in [0.29, 0.717) is 6.61 Å². The second-order valence-electron chi connectivity index (χ2n) is 4.67. The Labute approximate surface area is 121 Å². The summed E-state index contributed by atoms with van der Waals surface area (Å²) in [6, 6.07) is 1.93. The first-order valence-corrected chi connectivity index (χ1v) is 7.84. The molecule has 4 nitrogen and oxygen atoms in total. The topological polar surface area (TPSA) is 42.4 Å². The van der Waals surface area contributed by atoms with Gasteiger partial charge < -0.3 is 9.64 Å². The fourth-order valence-corrected chi connectivity index (χ4v) is 3.67. The van der Waals surface area contributed by atoms with Crippen LogP contribution in [0.25, 0.3) is 9.53 Å². The Balaban J connectivity index is 2.04. The van der Waals surface area contributed by atoms with Gasteiger partial charge in [-0.1, -0.05) is 11.3 Å². The maximum atomic E-state index is 11.3. The third kappa shape index (κ3) is 3.52. The van der Waals surface area contributed by atoms with E-state index in [4.69, 9.17) is 4.74 Å². The second kappa shape index (κ2) is 5.98. The molecule has 19 heavy (non-hydrogen) atoms. The third-order valence-electron chi connectivity index (χ3n) is 2.63. The molecule has 2 heterocycles. The minimum Gasteiger partial charge on any atom is -0.377 e. The number of nitrogens with zero attached hydrogens (tertiary/aromatic N) is 2. The summed E-state index contributed by atoms with van der Waals surface area (Å²) in [4.78, 5) is 19.7. The molecule has 2 aromatic rings. The average molecular weight is 298 g/mol.